The summed E-state index contributed by atoms with van der Waals surface area (Å²) in [6, 6.07) is 0.242. The van der Waals surface area contributed by atoms with Gasteiger partial charge in [0.25, 0.3) is 0 Å². The maximum Gasteiger partial charge on any atom is 0.360 e. The second-order valence-corrected chi connectivity index (χ2v) is 5.02. The van der Waals surface area contributed by atoms with Crippen molar-refractivity contribution < 1.29 is 14.3 Å². The smallest absolute Gasteiger partial charge is 0.360 e. The van der Waals surface area contributed by atoms with Gasteiger partial charge in [-0.15, -0.1) is 5.10 Å². The Morgan fingerprint density at radius 1 is 1.43 bits per heavy atom. The number of aromatic nitrogens is 3. The second kappa shape index (κ2) is 7.16. The summed E-state index contributed by atoms with van der Waals surface area (Å²) in [5.41, 5.74) is 6.12. The molecule has 116 valence electrons. The maximum absolute atomic E-state index is 12.0. The lowest BCUT2D eigenvalue weighted by Crippen LogP contribution is -2.36. The van der Waals surface area contributed by atoms with E-state index >= 15 is 0 Å². The van der Waals surface area contributed by atoms with Gasteiger partial charge in [0.05, 0.1) is 12.3 Å². The molecule has 8 heteroatoms. The van der Waals surface area contributed by atoms with Crippen LogP contribution in [0.5, 0.6) is 0 Å². The molecule has 0 atom stereocenters. The highest BCUT2D eigenvalue weighted by molar-refractivity contribution is 5.88. The summed E-state index contributed by atoms with van der Waals surface area (Å²) in [5.74, 6) is -0.711. The van der Waals surface area contributed by atoms with Gasteiger partial charge in [-0.3, -0.25) is 4.79 Å². The average Bonchev–Trinajstić information content (AvgIpc) is 3.08. The van der Waals surface area contributed by atoms with Crippen molar-refractivity contribution in [2.45, 2.75) is 51.7 Å². The van der Waals surface area contributed by atoms with Crippen LogP contribution in [0.4, 0.5) is 0 Å². The highest BCUT2D eigenvalue weighted by Gasteiger charge is 2.22. The summed E-state index contributed by atoms with van der Waals surface area (Å²) in [4.78, 5) is 23.7. The number of nitrogens with two attached hydrogens (primary N) is 1. The Labute approximate surface area is 123 Å². The fraction of sp³-hybridized carbons (Fsp3) is 0.692. The van der Waals surface area contributed by atoms with Crippen molar-refractivity contribution in [1.29, 1.82) is 0 Å². The predicted octanol–water partition coefficient (Wildman–Crippen LogP) is -0.0277. The van der Waals surface area contributed by atoms with Crippen LogP contribution in [0.1, 0.15) is 48.8 Å². The summed E-state index contributed by atoms with van der Waals surface area (Å²) in [6.07, 6.45) is 4.33. The second-order valence-electron chi connectivity index (χ2n) is 5.02. The van der Waals surface area contributed by atoms with Crippen molar-refractivity contribution in [1.82, 2.24) is 20.3 Å². The van der Waals surface area contributed by atoms with E-state index < -0.39 is 5.97 Å². The third kappa shape index (κ3) is 3.78. The average molecular weight is 295 g/mol. The molecule has 1 amide bonds. The van der Waals surface area contributed by atoms with Gasteiger partial charge >= 0.3 is 5.97 Å². The number of nitrogens with one attached hydrogen (secondary N) is 1. The number of hydrogen-bond donors (Lipinski definition) is 2. The molecule has 1 saturated carbocycles. The number of hydrogen-bond acceptors (Lipinski definition) is 6. The van der Waals surface area contributed by atoms with Crippen LogP contribution in [0.3, 0.4) is 0 Å². The molecule has 1 aliphatic rings. The molecule has 0 bridgehead atoms. The fourth-order valence-electron chi connectivity index (χ4n) is 2.50. The van der Waals surface area contributed by atoms with Crippen molar-refractivity contribution in [3.63, 3.8) is 0 Å². The molecule has 0 aromatic carbocycles. The first-order chi connectivity index (χ1) is 10.2. The molecule has 1 heterocycles. The molecule has 1 aromatic rings. The molecular formula is C13H21N5O3. The Morgan fingerprint density at radius 3 is 2.76 bits per heavy atom. The third-order valence-electron chi connectivity index (χ3n) is 3.51. The largest absolute Gasteiger partial charge is 0.461 e. The third-order valence-corrected chi connectivity index (χ3v) is 3.51. The number of carbonyl (C=O) groups is 2. The zero-order valence-corrected chi connectivity index (χ0v) is 12.2. The summed E-state index contributed by atoms with van der Waals surface area (Å²) < 4.78 is 6.24. The molecule has 0 radical (unpaired) electrons. The maximum atomic E-state index is 12.0. The zero-order chi connectivity index (χ0) is 15.2. The lowest BCUT2D eigenvalue weighted by Gasteiger charge is -2.12. The minimum Gasteiger partial charge on any atom is -0.461 e. The molecule has 8 nitrogen and oxygen atoms in total. The van der Waals surface area contributed by atoms with Crippen LogP contribution < -0.4 is 11.1 Å². The summed E-state index contributed by atoms with van der Waals surface area (Å²) >= 11 is 0. The first-order valence-corrected chi connectivity index (χ1v) is 7.24. The predicted molar refractivity (Wildman–Crippen MR) is 74.3 cm³/mol. The van der Waals surface area contributed by atoms with E-state index in [9.17, 15) is 9.59 Å². The Morgan fingerprint density at radius 2 is 2.14 bits per heavy atom. The van der Waals surface area contributed by atoms with Crippen LogP contribution in [0.25, 0.3) is 0 Å². The normalized spacial score (nSPS) is 15.1. The number of rotatable bonds is 6. The quantitative estimate of drug-likeness (QED) is 0.713. The van der Waals surface area contributed by atoms with E-state index in [4.69, 9.17) is 10.5 Å². The van der Waals surface area contributed by atoms with Gasteiger partial charge in [0, 0.05) is 12.6 Å². The van der Waals surface area contributed by atoms with Gasteiger partial charge < -0.3 is 15.8 Å². The fourth-order valence-corrected chi connectivity index (χ4v) is 2.50. The molecule has 2 rings (SSSR count). The van der Waals surface area contributed by atoms with E-state index in [0.717, 1.165) is 25.7 Å². The minimum absolute atomic E-state index is 0.00936. The Balaban J connectivity index is 2.02. The van der Waals surface area contributed by atoms with Crippen LogP contribution in [0, 0.1) is 0 Å². The van der Waals surface area contributed by atoms with Gasteiger partial charge in [-0.05, 0) is 19.8 Å². The van der Waals surface area contributed by atoms with Crippen LogP contribution in [-0.4, -0.2) is 39.5 Å². The number of esters is 1. The number of ether oxygens (including phenoxy) is 1. The number of carbonyl (C=O) groups excluding carboxylic acids is 2. The molecule has 21 heavy (non-hydrogen) atoms. The standard InChI is InChI=1S/C13H21N5O3/c1-2-21-13(20)12-10(7-14)18(17-16-12)8-11(19)15-9-5-3-4-6-9/h9H,2-8,14H2,1H3,(H,15,19). The van der Waals surface area contributed by atoms with Crippen LogP contribution in [-0.2, 0) is 22.6 Å². The first kappa shape index (κ1) is 15.4. The SMILES string of the molecule is CCOC(=O)c1nnn(CC(=O)NC2CCCC2)c1CN. The highest BCUT2D eigenvalue weighted by Crippen LogP contribution is 2.17. The molecule has 3 N–H and O–H groups in total. The van der Waals surface area contributed by atoms with Crippen molar-refractivity contribution >= 4 is 11.9 Å². The lowest BCUT2D eigenvalue weighted by molar-refractivity contribution is -0.122. The van der Waals surface area contributed by atoms with Crippen molar-refractivity contribution in [3.05, 3.63) is 11.4 Å². The molecule has 1 aliphatic carbocycles. The Kier molecular flexibility index (Phi) is 5.26. The van der Waals surface area contributed by atoms with Crippen molar-refractivity contribution in [2.24, 2.45) is 5.73 Å². The van der Waals surface area contributed by atoms with Crippen molar-refractivity contribution in [3.8, 4) is 0 Å². The molecule has 0 unspecified atom stereocenters. The summed E-state index contributed by atoms with van der Waals surface area (Å²) in [5, 5.41) is 10.6. The van der Waals surface area contributed by atoms with E-state index in [2.05, 4.69) is 15.6 Å². The Bertz CT molecular complexity index is 508. The van der Waals surface area contributed by atoms with E-state index in [-0.39, 0.29) is 37.3 Å². The molecule has 0 saturated heterocycles. The number of nitrogens with zero attached hydrogens (tertiary/aromatic N) is 3. The van der Waals surface area contributed by atoms with Gasteiger partial charge in [0.15, 0.2) is 5.69 Å². The van der Waals surface area contributed by atoms with Crippen LogP contribution in [0.2, 0.25) is 0 Å². The zero-order valence-electron chi connectivity index (χ0n) is 12.2. The van der Waals surface area contributed by atoms with Crippen molar-refractivity contribution in [2.75, 3.05) is 6.61 Å². The molecule has 0 spiro atoms. The van der Waals surface area contributed by atoms with Crippen LogP contribution >= 0.6 is 0 Å². The highest BCUT2D eigenvalue weighted by atomic mass is 16.5. The van der Waals surface area contributed by atoms with E-state index in [1.165, 1.54) is 4.68 Å². The van der Waals surface area contributed by atoms with E-state index in [1.54, 1.807) is 6.92 Å². The van der Waals surface area contributed by atoms with E-state index in [0.29, 0.717) is 5.69 Å². The summed E-state index contributed by atoms with van der Waals surface area (Å²) in [7, 11) is 0. The van der Waals surface area contributed by atoms with Crippen LogP contribution in [0.15, 0.2) is 0 Å². The van der Waals surface area contributed by atoms with Gasteiger partial charge in [-0.2, -0.15) is 0 Å². The lowest BCUT2D eigenvalue weighted by atomic mass is 10.2. The first-order valence-electron chi connectivity index (χ1n) is 7.24. The topological polar surface area (TPSA) is 112 Å². The van der Waals surface area contributed by atoms with Gasteiger partial charge in [0.1, 0.15) is 6.54 Å². The Hall–Kier alpha value is -1.96. The monoisotopic (exact) mass is 295 g/mol. The van der Waals surface area contributed by atoms with Gasteiger partial charge in [0.2, 0.25) is 5.91 Å². The molecular weight excluding hydrogens is 274 g/mol. The minimum atomic E-state index is -0.569. The van der Waals surface area contributed by atoms with Gasteiger partial charge in [-0.25, -0.2) is 9.48 Å². The number of amides is 1. The summed E-state index contributed by atoms with van der Waals surface area (Å²) in [6.45, 7) is 2.03. The molecule has 0 aliphatic heterocycles. The molecule has 1 aromatic heterocycles. The van der Waals surface area contributed by atoms with E-state index in [1.807, 2.05) is 0 Å². The van der Waals surface area contributed by atoms with Gasteiger partial charge in [-0.1, -0.05) is 18.1 Å². The molecule has 1 fully saturated rings.